The average molecular weight is 370 g/mol. The van der Waals surface area contributed by atoms with Gasteiger partial charge in [0.15, 0.2) is 0 Å². The number of aromatic nitrogens is 2. The molecule has 27 heavy (non-hydrogen) atoms. The van der Waals surface area contributed by atoms with Crippen LogP contribution in [0.25, 0.3) is 0 Å². The smallest absolute Gasteiger partial charge is 0.229 e. The van der Waals surface area contributed by atoms with Crippen LogP contribution in [0.5, 0.6) is 5.75 Å². The SMILES string of the molecule is CCCc1cc(N2CCC[C@@H](NC)C2)nc(Nc2ccc(C)c(OC)c2)n1. The van der Waals surface area contributed by atoms with Crippen molar-refractivity contribution in [1.82, 2.24) is 15.3 Å². The van der Waals surface area contributed by atoms with Crippen LogP contribution < -0.4 is 20.3 Å². The highest BCUT2D eigenvalue weighted by Crippen LogP contribution is 2.26. The molecule has 0 bridgehead atoms. The Kier molecular flexibility index (Phi) is 6.50. The van der Waals surface area contributed by atoms with Gasteiger partial charge < -0.3 is 20.3 Å². The minimum Gasteiger partial charge on any atom is -0.496 e. The minimum atomic E-state index is 0.515. The molecule has 0 aliphatic carbocycles. The monoisotopic (exact) mass is 369 g/mol. The average Bonchev–Trinajstić information content (AvgIpc) is 2.69. The van der Waals surface area contributed by atoms with E-state index in [1.54, 1.807) is 7.11 Å². The van der Waals surface area contributed by atoms with Gasteiger partial charge in [-0.25, -0.2) is 4.98 Å². The Morgan fingerprint density at radius 1 is 1.26 bits per heavy atom. The van der Waals surface area contributed by atoms with Crippen LogP contribution in [-0.4, -0.2) is 43.3 Å². The predicted molar refractivity (Wildman–Crippen MR) is 111 cm³/mol. The van der Waals surface area contributed by atoms with E-state index in [0.29, 0.717) is 12.0 Å². The zero-order valence-electron chi connectivity index (χ0n) is 16.9. The number of methoxy groups -OCH3 is 1. The predicted octanol–water partition coefficient (Wildman–Crippen LogP) is 3.68. The van der Waals surface area contributed by atoms with Crippen LogP contribution in [0.4, 0.5) is 17.5 Å². The van der Waals surface area contributed by atoms with Crippen LogP contribution >= 0.6 is 0 Å². The number of aryl methyl sites for hydroxylation is 2. The Bertz CT molecular complexity index is 764. The van der Waals surface area contributed by atoms with Crippen molar-refractivity contribution >= 4 is 17.5 Å². The van der Waals surface area contributed by atoms with Gasteiger partial charge in [0.25, 0.3) is 0 Å². The molecule has 146 valence electrons. The summed E-state index contributed by atoms with van der Waals surface area (Å²) in [4.78, 5) is 11.9. The van der Waals surface area contributed by atoms with Gasteiger partial charge in [0.2, 0.25) is 5.95 Å². The fraction of sp³-hybridized carbons (Fsp3) is 0.524. The van der Waals surface area contributed by atoms with E-state index in [-0.39, 0.29) is 0 Å². The quantitative estimate of drug-likeness (QED) is 0.776. The van der Waals surface area contributed by atoms with Crippen LogP contribution in [0.3, 0.4) is 0 Å². The summed E-state index contributed by atoms with van der Waals surface area (Å²) < 4.78 is 5.43. The van der Waals surface area contributed by atoms with Crippen molar-refractivity contribution in [2.45, 2.75) is 45.6 Å². The summed E-state index contributed by atoms with van der Waals surface area (Å²) in [5.74, 6) is 2.52. The van der Waals surface area contributed by atoms with Gasteiger partial charge in [-0.2, -0.15) is 4.98 Å². The van der Waals surface area contributed by atoms with Crippen molar-refractivity contribution in [2.75, 3.05) is 37.5 Å². The lowest BCUT2D eigenvalue weighted by atomic mass is 10.1. The van der Waals surface area contributed by atoms with Crippen molar-refractivity contribution < 1.29 is 4.74 Å². The maximum atomic E-state index is 5.43. The third-order valence-electron chi connectivity index (χ3n) is 5.09. The molecule has 1 fully saturated rings. The molecule has 2 heterocycles. The van der Waals surface area contributed by atoms with E-state index >= 15 is 0 Å². The van der Waals surface area contributed by atoms with Gasteiger partial charge in [0.05, 0.1) is 7.11 Å². The Morgan fingerprint density at radius 2 is 2.11 bits per heavy atom. The molecule has 2 N–H and O–H groups in total. The summed E-state index contributed by atoms with van der Waals surface area (Å²) in [6.07, 6.45) is 4.41. The normalized spacial score (nSPS) is 17.0. The summed E-state index contributed by atoms with van der Waals surface area (Å²) in [7, 11) is 3.73. The molecule has 1 atom stereocenters. The first-order valence-corrected chi connectivity index (χ1v) is 9.84. The second-order valence-corrected chi connectivity index (χ2v) is 7.17. The van der Waals surface area contributed by atoms with Crippen LogP contribution in [0.2, 0.25) is 0 Å². The molecule has 0 saturated carbocycles. The summed E-state index contributed by atoms with van der Waals surface area (Å²) >= 11 is 0. The van der Waals surface area contributed by atoms with Crippen LogP contribution in [0.15, 0.2) is 24.3 Å². The summed E-state index contributed by atoms with van der Waals surface area (Å²) in [5, 5.41) is 6.77. The molecule has 6 heteroatoms. The zero-order chi connectivity index (χ0) is 19.2. The topological polar surface area (TPSA) is 62.3 Å². The number of rotatable bonds is 7. The van der Waals surface area contributed by atoms with Gasteiger partial charge in [-0.05, 0) is 44.9 Å². The molecule has 2 aromatic rings. The number of likely N-dealkylation sites (N-methyl/N-ethyl adjacent to an activating group) is 1. The van der Waals surface area contributed by atoms with Gasteiger partial charge in [-0.3, -0.25) is 0 Å². The first-order valence-electron chi connectivity index (χ1n) is 9.84. The van der Waals surface area contributed by atoms with Crippen molar-refractivity contribution in [2.24, 2.45) is 0 Å². The van der Waals surface area contributed by atoms with Crippen LogP contribution in [0.1, 0.15) is 37.4 Å². The molecule has 0 unspecified atom stereocenters. The van der Waals surface area contributed by atoms with E-state index < -0.39 is 0 Å². The highest BCUT2D eigenvalue weighted by Gasteiger charge is 2.20. The Labute approximate surface area is 162 Å². The van der Waals surface area contributed by atoms with E-state index in [1.165, 1.54) is 12.8 Å². The molecular formula is C21H31N5O. The van der Waals surface area contributed by atoms with Gasteiger partial charge in [0.1, 0.15) is 11.6 Å². The first kappa shape index (κ1) is 19.4. The van der Waals surface area contributed by atoms with E-state index in [1.807, 2.05) is 32.2 Å². The van der Waals surface area contributed by atoms with Gasteiger partial charge in [-0.15, -0.1) is 0 Å². The lowest BCUT2D eigenvalue weighted by Crippen LogP contribution is -2.44. The molecule has 1 aliphatic rings. The van der Waals surface area contributed by atoms with Crippen molar-refractivity contribution in [3.63, 3.8) is 0 Å². The van der Waals surface area contributed by atoms with Crippen molar-refractivity contribution in [1.29, 1.82) is 0 Å². The van der Waals surface area contributed by atoms with E-state index in [4.69, 9.17) is 14.7 Å². The van der Waals surface area contributed by atoms with Gasteiger partial charge in [0, 0.05) is 42.6 Å². The molecule has 6 nitrogen and oxygen atoms in total. The van der Waals surface area contributed by atoms with E-state index in [0.717, 1.165) is 54.4 Å². The Hall–Kier alpha value is -2.34. The fourth-order valence-electron chi connectivity index (χ4n) is 3.53. The molecule has 1 saturated heterocycles. The van der Waals surface area contributed by atoms with Gasteiger partial charge >= 0.3 is 0 Å². The number of benzene rings is 1. The molecule has 3 rings (SSSR count). The number of piperidine rings is 1. The molecule has 1 aliphatic heterocycles. The number of anilines is 3. The molecule has 0 spiro atoms. The molecule has 1 aromatic heterocycles. The second-order valence-electron chi connectivity index (χ2n) is 7.17. The summed E-state index contributed by atoms with van der Waals surface area (Å²) in [6.45, 7) is 6.24. The fourth-order valence-corrected chi connectivity index (χ4v) is 3.53. The summed E-state index contributed by atoms with van der Waals surface area (Å²) in [6, 6.07) is 8.72. The van der Waals surface area contributed by atoms with Crippen molar-refractivity contribution in [3.8, 4) is 5.75 Å². The molecule has 0 amide bonds. The Balaban J connectivity index is 1.87. The summed E-state index contributed by atoms with van der Waals surface area (Å²) in [5.41, 5.74) is 3.12. The Morgan fingerprint density at radius 3 is 2.85 bits per heavy atom. The minimum absolute atomic E-state index is 0.515. The number of nitrogens with one attached hydrogen (secondary N) is 2. The zero-order valence-corrected chi connectivity index (χ0v) is 16.9. The molecular weight excluding hydrogens is 338 g/mol. The van der Waals surface area contributed by atoms with Crippen LogP contribution in [0, 0.1) is 6.92 Å². The van der Waals surface area contributed by atoms with E-state index in [2.05, 4.69) is 28.5 Å². The maximum Gasteiger partial charge on any atom is 0.229 e. The second kappa shape index (κ2) is 9.04. The lowest BCUT2D eigenvalue weighted by Gasteiger charge is -2.33. The number of nitrogens with zero attached hydrogens (tertiary/aromatic N) is 3. The van der Waals surface area contributed by atoms with Gasteiger partial charge in [-0.1, -0.05) is 19.4 Å². The largest absolute Gasteiger partial charge is 0.496 e. The van der Waals surface area contributed by atoms with Crippen molar-refractivity contribution in [3.05, 3.63) is 35.5 Å². The number of ether oxygens (including phenoxy) is 1. The standard InChI is InChI=1S/C21H31N5O/c1-5-7-16-13-20(26-11-6-8-18(14-26)22-3)25-21(23-16)24-17-10-9-15(2)19(12-17)27-4/h9-10,12-13,18,22H,5-8,11,14H2,1-4H3,(H,23,24,25)/t18-/m1/s1. The third kappa shape index (κ3) is 4.89. The van der Waals surface area contributed by atoms with E-state index in [9.17, 15) is 0 Å². The van der Waals surface area contributed by atoms with Crippen LogP contribution in [-0.2, 0) is 6.42 Å². The first-order chi connectivity index (χ1) is 13.1. The number of hydrogen-bond acceptors (Lipinski definition) is 6. The maximum absolute atomic E-state index is 5.43. The lowest BCUT2D eigenvalue weighted by molar-refractivity contribution is 0.412. The third-order valence-corrected chi connectivity index (χ3v) is 5.09. The molecule has 1 aromatic carbocycles. The highest BCUT2D eigenvalue weighted by molar-refractivity contribution is 5.59. The molecule has 0 radical (unpaired) electrons. The number of hydrogen-bond donors (Lipinski definition) is 2. The highest BCUT2D eigenvalue weighted by atomic mass is 16.5.